The molecule has 2 N–H and O–H groups in total. The van der Waals surface area contributed by atoms with Crippen LogP contribution in [0.5, 0.6) is 5.75 Å². The van der Waals surface area contributed by atoms with Gasteiger partial charge in [0.1, 0.15) is 5.75 Å². The number of ketones is 1. The summed E-state index contributed by atoms with van der Waals surface area (Å²) in [5, 5.41) is 6.82. The van der Waals surface area contributed by atoms with Gasteiger partial charge >= 0.3 is 0 Å². The molecule has 0 aliphatic carbocycles. The van der Waals surface area contributed by atoms with Crippen molar-refractivity contribution >= 4 is 28.8 Å². The minimum atomic E-state index is 0.0501. The molecule has 0 unspecified atom stereocenters. The van der Waals surface area contributed by atoms with Crippen molar-refractivity contribution in [3.05, 3.63) is 59.7 Å². The van der Waals surface area contributed by atoms with Gasteiger partial charge in [-0.1, -0.05) is 18.2 Å². The second-order valence-corrected chi connectivity index (χ2v) is 5.48. The molecule has 2 aromatic rings. The number of nitrogens with one attached hydrogen (secondary N) is 2. The van der Waals surface area contributed by atoms with E-state index in [1.807, 2.05) is 36.4 Å². The van der Waals surface area contributed by atoms with Crippen LogP contribution in [-0.2, 0) is 6.42 Å². The molecule has 0 amide bonds. The van der Waals surface area contributed by atoms with Gasteiger partial charge in [0.25, 0.3) is 0 Å². The molecule has 0 aliphatic rings. The highest BCUT2D eigenvalue weighted by atomic mass is 32.1. The highest BCUT2D eigenvalue weighted by Crippen LogP contribution is 2.17. The second kappa shape index (κ2) is 8.29. The van der Waals surface area contributed by atoms with E-state index >= 15 is 0 Å². The molecule has 0 aromatic heterocycles. The minimum absolute atomic E-state index is 0.0501. The zero-order chi connectivity index (χ0) is 16.7. The molecule has 0 saturated heterocycles. The number of hydrogen-bond donors (Lipinski definition) is 2. The van der Waals surface area contributed by atoms with E-state index in [0.29, 0.717) is 17.2 Å². The summed E-state index contributed by atoms with van der Waals surface area (Å²) in [4.78, 5) is 11.2. The predicted molar refractivity (Wildman–Crippen MR) is 97.4 cm³/mol. The zero-order valence-electron chi connectivity index (χ0n) is 13.3. The van der Waals surface area contributed by atoms with Crippen molar-refractivity contribution in [3.8, 4) is 5.75 Å². The Morgan fingerprint density at radius 1 is 1.13 bits per heavy atom. The number of hydrogen-bond acceptors (Lipinski definition) is 3. The molecule has 2 rings (SSSR count). The number of anilines is 1. The third kappa shape index (κ3) is 5.07. The SMILES string of the molecule is COc1ccccc1CCNC(=S)Nc1ccc(C(C)=O)cc1. The van der Waals surface area contributed by atoms with E-state index in [-0.39, 0.29) is 5.78 Å². The average Bonchev–Trinajstić information content (AvgIpc) is 2.55. The summed E-state index contributed by atoms with van der Waals surface area (Å²) in [5.41, 5.74) is 2.67. The maximum Gasteiger partial charge on any atom is 0.170 e. The summed E-state index contributed by atoms with van der Waals surface area (Å²) in [6.45, 7) is 2.25. The molecule has 4 nitrogen and oxygen atoms in total. The molecule has 0 atom stereocenters. The van der Waals surface area contributed by atoms with Crippen LogP contribution in [0.2, 0.25) is 0 Å². The van der Waals surface area contributed by atoms with Gasteiger partial charge in [-0.05, 0) is 61.5 Å². The molecule has 23 heavy (non-hydrogen) atoms. The number of para-hydroxylation sites is 1. The third-order valence-corrected chi connectivity index (χ3v) is 3.67. The Labute approximate surface area is 141 Å². The number of methoxy groups -OCH3 is 1. The van der Waals surface area contributed by atoms with Gasteiger partial charge in [-0.15, -0.1) is 0 Å². The summed E-state index contributed by atoms with van der Waals surface area (Å²) in [7, 11) is 1.67. The molecular weight excluding hydrogens is 308 g/mol. The number of carbonyl (C=O) groups is 1. The average molecular weight is 328 g/mol. The molecule has 0 heterocycles. The Kier molecular flexibility index (Phi) is 6.11. The van der Waals surface area contributed by atoms with Gasteiger partial charge < -0.3 is 15.4 Å². The highest BCUT2D eigenvalue weighted by Gasteiger charge is 2.03. The number of benzene rings is 2. The van der Waals surface area contributed by atoms with Crippen molar-refractivity contribution in [2.45, 2.75) is 13.3 Å². The summed E-state index contributed by atoms with van der Waals surface area (Å²) >= 11 is 5.28. The van der Waals surface area contributed by atoms with E-state index in [1.165, 1.54) is 0 Å². The van der Waals surface area contributed by atoms with Crippen molar-refractivity contribution in [2.75, 3.05) is 19.0 Å². The Hall–Kier alpha value is -2.40. The lowest BCUT2D eigenvalue weighted by molar-refractivity contribution is 0.101. The Morgan fingerprint density at radius 2 is 1.83 bits per heavy atom. The predicted octanol–water partition coefficient (Wildman–Crippen LogP) is 3.43. The van der Waals surface area contributed by atoms with Crippen molar-refractivity contribution in [1.82, 2.24) is 5.32 Å². The lowest BCUT2D eigenvalue weighted by Crippen LogP contribution is -2.30. The van der Waals surface area contributed by atoms with Crippen molar-refractivity contribution in [3.63, 3.8) is 0 Å². The van der Waals surface area contributed by atoms with Gasteiger partial charge in [-0.2, -0.15) is 0 Å². The van der Waals surface area contributed by atoms with Gasteiger partial charge in [-0.25, -0.2) is 0 Å². The molecule has 120 valence electrons. The molecule has 0 bridgehead atoms. The zero-order valence-corrected chi connectivity index (χ0v) is 14.1. The van der Waals surface area contributed by atoms with E-state index in [2.05, 4.69) is 10.6 Å². The lowest BCUT2D eigenvalue weighted by Gasteiger charge is -2.12. The van der Waals surface area contributed by atoms with Gasteiger partial charge in [0, 0.05) is 17.8 Å². The maximum atomic E-state index is 11.2. The first-order valence-electron chi connectivity index (χ1n) is 7.38. The third-order valence-electron chi connectivity index (χ3n) is 3.42. The highest BCUT2D eigenvalue weighted by molar-refractivity contribution is 7.80. The van der Waals surface area contributed by atoms with E-state index in [9.17, 15) is 4.79 Å². The molecule has 0 saturated carbocycles. The smallest absolute Gasteiger partial charge is 0.170 e. The first-order valence-corrected chi connectivity index (χ1v) is 7.78. The topological polar surface area (TPSA) is 50.4 Å². The molecule has 5 heteroatoms. The van der Waals surface area contributed by atoms with Crippen molar-refractivity contribution in [2.24, 2.45) is 0 Å². The van der Waals surface area contributed by atoms with Crippen LogP contribution in [0.15, 0.2) is 48.5 Å². The second-order valence-electron chi connectivity index (χ2n) is 5.08. The summed E-state index contributed by atoms with van der Waals surface area (Å²) in [5.74, 6) is 0.932. The van der Waals surface area contributed by atoms with Gasteiger partial charge in [0.2, 0.25) is 0 Å². The van der Waals surface area contributed by atoms with E-state index in [4.69, 9.17) is 17.0 Å². The fraction of sp³-hybridized carbons (Fsp3) is 0.222. The summed E-state index contributed by atoms with van der Waals surface area (Å²) in [6.07, 6.45) is 0.815. The number of rotatable bonds is 6. The number of Topliss-reactive ketones (excluding diaryl/α,β-unsaturated/α-hetero) is 1. The number of carbonyl (C=O) groups excluding carboxylic acids is 1. The minimum Gasteiger partial charge on any atom is -0.496 e. The van der Waals surface area contributed by atoms with Crippen LogP contribution in [0.4, 0.5) is 5.69 Å². The van der Waals surface area contributed by atoms with Crippen molar-refractivity contribution < 1.29 is 9.53 Å². The lowest BCUT2D eigenvalue weighted by atomic mass is 10.1. The molecule has 0 radical (unpaired) electrons. The van der Waals surface area contributed by atoms with E-state index in [0.717, 1.165) is 23.4 Å². The van der Waals surface area contributed by atoms with Gasteiger partial charge in [0.05, 0.1) is 7.11 Å². The molecular formula is C18H20N2O2S. The Morgan fingerprint density at radius 3 is 2.48 bits per heavy atom. The van der Waals surface area contributed by atoms with Crippen LogP contribution < -0.4 is 15.4 Å². The van der Waals surface area contributed by atoms with Crippen LogP contribution >= 0.6 is 12.2 Å². The molecule has 0 spiro atoms. The van der Waals surface area contributed by atoms with E-state index < -0.39 is 0 Å². The quantitative estimate of drug-likeness (QED) is 0.628. The first kappa shape index (κ1) is 17.0. The van der Waals surface area contributed by atoms with Crippen LogP contribution in [0.3, 0.4) is 0 Å². The summed E-state index contributed by atoms with van der Waals surface area (Å²) in [6, 6.07) is 15.2. The number of ether oxygens (including phenoxy) is 1. The molecule has 0 aliphatic heterocycles. The monoisotopic (exact) mass is 328 g/mol. The van der Waals surface area contributed by atoms with Crippen molar-refractivity contribution in [1.29, 1.82) is 0 Å². The maximum absolute atomic E-state index is 11.2. The van der Waals surface area contributed by atoms with Crippen LogP contribution in [0, 0.1) is 0 Å². The Bertz CT molecular complexity index is 684. The van der Waals surface area contributed by atoms with Gasteiger partial charge in [-0.3, -0.25) is 4.79 Å². The van der Waals surface area contributed by atoms with Gasteiger partial charge in [0.15, 0.2) is 10.9 Å². The normalized spacial score (nSPS) is 10.0. The Balaban J connectivity index is 1.82. The largest absolute Gasteiger partial charge is 0.496 e. The van der Waals surface area contributed by atoms with Crippen LogP contribution in [0.25, 0.3) is 0 Å². The summed E-state index contributed by atoms with van der Waals surface area (Å²) < 4.78 is 5.33. The van der Waals surface area contributed by atoms with E-state index in [1.54, 1.807) is 26.2 Å². The standard InChI is InChI=1S/C18H20N2O2S/c1-13(21)14-7-9-16(10-8-14)20-18(23)19-12-11-15-5-3-4-6-17(15)22-2/h3-10H,11-12H2,1-2H3,(H2,19,20,23). The first-order chi connectivity index (χ1) is 11.1. The van der Waals surface area contributed by atoms with Crippen LogP contribution in [-0.4, -0.2) is 24.6 Å². The number of thiocarbonyl (C=S) groups is 1. The van der Waals surface area contributed by atoms with Crippen LogP contribution in [0.1, 0.15) is 22.8 Å². The molecule has 2 aromatic carbocycles. The fourth-order valence-corrected chi connectivity index (χ4v) is 2.40. The molecule has 0 fully saturated rings. The fourth-order valence-electron chi connectivity index (χ4n) is 2.18.